The monoisotopic (exact) mass is 813 g/mol. The number of hydrogen-bond acceptors (Lipinski definition) is 2. The van der Waals surface area contributed by atoms with Crippen molar-refractivity contribution >= 4 is 43.6 Å². The lowest BCUT2D eigenvalue weighted by molar-refractivity contribution is 0.552. The smallest absolute Gasteiger partial charge is 0.197 e. The fourth-order valence-electron chi connectivity index (χ4n) is 10.5. The zero-order valence-corrected chi connectivity index (χ0v) is 38.0. The standard InChI is InChI=1S/C57H68N2O2/c1-7-9-11-13-15-17-19-21-31-58-51-29-24-39(3)33-45(51)55(60)47-37-54-48(38-53(47)58)56(61)46-35-41(26-30-52(46)59(54)32-22-20-18-16-14-12-10-8-2)42-25-28-44-43-27-23-40(4)34-49(43)57(5,6)50(44)36-42/h23-30,33-38H,7-22,31-32H2,1-6H3. The first-order valence-corrected chi connectivity index (χ1v) is 24.0. The second-order valence-electron chi connectivity index (χ2n) is 19.0. The molecule has 318 valence electrons. The number of fused-ring (bicyclic) bond motifs is 7. The van der Waals surface area contributed by atoms with Gasteiger partial charge in [-0.05, 0) is 103 Å². The van der Waals surface area contributed by atoms with E-state index in [1.807, 2.05) is 0 Å². The van der Waals surface area contributed by atoms with Crippen molar-refractivity contribution in [2.75, 3.05) is 0 Å². The van der Waals surface area contributed by atoms with E-state index >= 15 is 4.79 Å². The van der Waals surface area contributed by atoms with E-state index < -0.39 is 0 Å². The molecule has 0 radical (unpaired) electrons. The lowest BCUT2D eigenvalue weighted by atomic mass is 9.81. The zero-order chi connectivity index (χ0) is 42.7. The number of nitrogens with zero attached hydrogens (tertiary/aromatic N) is 2. The molecule has 0 bridgehead atoms. The molecule has 61 heavy (non-hydrogen) atoms. The van der Waals surface area contributed by atoms with Gasteiger partial charge in [0.2, 0.25) is 0 Å². The Kier molecular flexibility index (Phi) is 13.0. The largest absolute Gasteiger partial charge is 0.340 e. The maximum absolute atomic E-state index is 15.1. The molecule has 4 nitrogen and oxygen atoms in total. The van der Waals surface area contributed by atoms with Gasteiger partial charge in [0.25, 0.3) is 0 Å². The Morgan fingerprint density at radius 2 is 0.803 bits per heavy atom. The molecule has 8 rings (SSSR count). The molecule has 0 N–H and O–H groups in total. The average molecular weight is 813 g/mol. The molecule has 1 aliphatic rings. The van der Waals surface area contributed by atoms with Crippen molar-refractivity contribution in [2.24, 2.45) is 0 Å². The third-order valence-corrected chi connectivity index (χ3v) is 14.0. The van der Waals surface area contributed by atoms with Crippen molar-refractivity contribution in [2.45, 2.75) is 163 Å². The first-order chi connectivity index (χ1) is 29.6. The molecule has 4 heteroatoms. The van der Waals surface area contributed by atoms with Crippen molar-refractivity contribution in [1.29, 1.82) is 0 Å². The Balaban J connectivity index is 1.23. The van der Waals surface area contributed by atoms with E-state index in [-0.39, 0.29) is 16.3 Å². The third kappa shape index (κ3) is 8.49. The maximum Gasteiger partial charge on any atom is 0.197 e. The Bertz CT molecular complexity index is 2840. The minimum absolute atomic E-state index is 0.0420. The normalized spacial score (nSPS) is 13.2. The summed E-state index contributed by atoms with van der Waals surface area (Å²) in [6, 6.07) is 30.6. The van der Waals surface area contributed by atoms with E-state index in [0.717, 1.165) is 88.3 Å². The third-order valence-electron chi connectivity index (χ3n) is 14.0. The highest BCUT2D eigenvalue weighted by Gasteiger charge is 2.35. The molecular formula is C57H68N2O2. The van der Waals surface area contributed by atoms with Crippen LogP contribution in [0.3, 0.4) is 0 Å². The van der Waals surface area contributed by atoms with Gasteiger partial charge in [-0.25, -0.2) is 0 Å². The van der Waals surface area contributed by atoms with Gasteiger partial charge in [-0.3, -0.25) is 9.59 Å². The summed E-state index contributed by atoms with van der Waals surface area (Å²) in [7, 11) is 0. The van der Waals surface area contributed by atoms with Crippen LogP contribution in [-0.4, -0.2) is 9.13 Å². The summed E-state index contributed by atoms with van der Waals surface area (Å²) >= 11 is 0. The van der Waals surface area contributed by atoms with Crippen LogP contribution in [0.25, 0.3) is 65.9 Å². The Labute approximate surface area is 364 Å². The van der Waals surface area contributed by atoms with Gasteiger partial charge in [-0.1, -0.05) is 171 Å². The summed E-state index contributed by atoms with van der Waals surface area (Å²) in [5.41, 5.74) is 13.5. The van der Waals surface area contributed by atoms with Crippen LogP contribution < -0.4 is 10.9 Å². The molecule has 7 aromatic rings. The Hall–Kier alpha value is -4.96. The minimum atomic E-state index is -0.114. The van der Waals surface area contributed by atoms with Gasteiger partial charge < -0.3 is 9.13 Å². The van der Waals surface area contributed by atoms with Crippen molar-refractivity contribution in [1.82, 2.24) is 9.13 Å². The number of unbranched alkanes of at least 4 members (excludes halogenated alkanes) is 14. The van der Waals surface area contributed by atoms with Gasteiger partial charge in [0.1, 0.15) is 0 Å². The molecule has 0 amide bonds. The second-order valence-corrected chi connectivity index (χ2v) is 19.0. The zero-order valence-electron chi connectivity index (χ0n) is 38.0. The maximum atomic E-state index is 15.1. The van der Waals surface area contributed by atoms with Crippen LogP contribution in [0.1, 0.15) is 153 Å². The number of aromatic nitrogens is 2. The van der Waals surface area contributed by atoms with E-state index in [1.54, 1.807) is 0 Å². The number of hydrogen-bond donors (Lipinski definition) is 0. The summed E-state index contributed by atoms with van der Waals surface area (Å²) in [6.45, 7) is 15.1. The van der Waals surface area contributed by atoms with Gasteiger partial charge in [0.15, 0.2) is 10.9 Å². The molecule has 0 unspecified atom stereocenters. The van der Waals surface area contributed by atoms with Crippen molar-refractivity contribution in [3.8, 4) is 22.3 Å². The van der Waals surface area contributed by atoms with E-state index in [1.165, 1.54) is 105 Å². The first-order valence-electron chi connectivity index (χ1n) is 24.0. The van der Waals surface area contributed by atoms with Crippen molar-refractivity contribution < 1.29 is 0 Å². The van der Waals surface area contributed by atoms with Crippen molar-refractivity contribution in [3.05, 3.63) is 128 Å². The molecular weight excluding hydrogens is 745 g/mol. The Morgan fingerprint density at radius 1 is 0.410 bits per heavy atom. The predicted octanol–water partition coefficient (Wildman–Crippen LogP) is 15.5. The first kappa shape index (κ1) is 42.7. The van der Waals surface area contributed by atoms with Gasteiger partial charge >= 0.3 is 0 Å². The Morgan fingerprint density at radius 3 is 1.36 bits per heavy atom. The van der Waals surface area contributed by atoms with E-state index in [0.29, 0.717) is 10.8 Å². The van der Waals surface area contributed by atoms with Gasteiger partial charge in [0, 0.05) is 40.0 Å². The number of aryl methyl sites for hydroxylation is 4. The van der Waals surface area contributed by atoms with E-state index in [9.17, 15) is 4.79 Å². The average Bonchev–Trinajstić information content (AvgIpc) is 3.48. The molecule has 2 heterocycles. The van der Waals surface area contributed by atoms with Crippen molar-refractivity contribution in [3.63, 3.8) is 0 Å². The van der Waals surface area contributed by atoms with Crippen LogP contribution in [0.15, 0.2) is 94.5 Å². The van der Waals surface area contributed by atoms with Crippen LogP contribution in [-0.2, 0) is 18.5 Å². The SMILES string of the molecule is CCCCCCCCCCn1c2ccc(C)cc2c(=O)c2cc3c(cc21)c(=O)c1cc(-c2ccc4c(c2)C(C)(C)c2cc(C)ccc2-4)ccc1n3CCCCCCCCCC. The van der Waals surface area contributed by atoms with Gasteiger partial charge in [0.05, 0.1) is 22.1 Å². The van der Waals surface area contributed by atoms with Crippen LogP contribution in [0, 0.1) is 13.8 Å². The van der Waals surface area contributed by atoms with Gasteiger partial charge in [-0.15, -0.1) is 0 Å². The topological polar surface area (TPSA) is 44.0 Å². The number of pyridine rings is 2. The molecule has 1 aliphatic carbocycles. The highest BCUT2D eigenvalue weighted by Crippen LogP contribution is 2.50. The van der Waals surface area contributed by atoms with E-state index in [4.69, 9.17) is 0 Å². The van der Waals surface area contributed by atoms with Crippen LogP contribution >= 0.6 is 0 Å². The predicted molar refractivity (Wildman–Crippen MR) is 263 cm³/mol. The highest BCUT2D eigenvalue weighted by molar-refractivity contribution is 6.04. The van der Waals surface area contributed by atoms with Gasteiger partial charge in [-0.2, -0.15) is 0 Å². The number of benzene rings is 5. The van der Waals surface area contributed by atoms with Crippen LogP contribution in [0.4, 0.5) is 0 Å². The fourth-order valence-corrected chi connectivity index (χ4v) is 10.5. The lowest BCUT2D eigenvalue weighted by Gasteiger charge is -2.22. The molecule has 0 fully saturated rings. The van der Waals surface area contributed by atoms with E-state index in [2.05, 4.69) is 136 Å². The quantitative estimate of drug-likeness (QED) is 0.0603. The number of rotatable bonds is 19. The summed E-state index contributed by atoms with van der Waals surface area (Å²) in [5.74, 6) is 0. The van der Waals surface area contributed by atoms with Crippen LogP contribution in [0.2, 0.25) is 0 Å². The minimum Gasteiger partial charge on any atom is -0.340 e. The molecule has 0 saturated carbocycles. The van der Waals surface area contributed by atoms with Crippen LogP contribution in [0.5, 0.6) is 0 Å². The molecule has 5 aromatic carbocycles. The highest BCUT2D eigenvalue weighted by atomic mass is 16.1. The molecule has 0 atom stereocenters. The molecule has 2 aromatic heterocycles. The summed E-state index contributed by atoms with van der Waals surface area (Å²) in [5, 5.41) is 2.93. The summed E-state index contributed by atoms with van der Waals surface area (Å²) in [4.78, 5) is 29.6. The molecule has 0 saturated heterocycles. The lowest BCUT2D eigenvalue weighted by Crippen LogP contribution is -2.16. The molecule has 0 spiro atoms. The molecule has 0 aliphatic heterocycles. The second kappa shape index (κ2) is 18.6. The fraction of sp³-hybridized carbons (Fsp3) is 0.439. The summed E-state index contributed by atoms with van der Waals surface area (Å²) in [6.07, 6.45) is 19.8. The summed E-state index contributed by atoms with van der Waals surface area (Å²) < 4.78 is 4.71.